The summed E-state index contributed by atoms with van der Waals surface area (Å²) in [5.74, 6) is -0.999. The lowest BCUT2D eigenvalue weighted by Gasteiger charge is -2.09. The van der Waals surface area contributed by atoms with Gasteiger partial charge in [0.15, 0.2) is 5.82 Å². The van der Waals surface area contributed by atoms with Crippen molar-refractivity contribution in [3.8, 4) is 0 Å². The number of aromatic nitrogens is 1. The van der Waals surface area contributed by atoms with E-state index in [-0.39, 0.29) is 34.3 Å². The molecule has 0 radical (unpaired) electrons. The predicted octanol–water partition coefficient (Wildman–Crippen LogP) is 6.07. The van der Waals surface area contributed by atoms with E-state index >= 15 is 0 Å². The van der Waals surface area contributed by atoms with Crippen molar-refractivity contribution in [1.82, 2.24) is 9.88 Å². The Morgan fingerprint density at radius 3 is 2.53 bits per heavy atom. The standard InChI is InChI=1S/C23H21Cl2FN2O2/c1-3-21(29)27-13-22(30)28-9-8-16-10-15(6-7-20(16)28)5-4-14(2)17-11-18(24)23(26)19(25)12-17/h4-12,14H,3,13H2,1-2H3,(H,27,29)/b5-4+. The zero-order chi connectivity index (χ0) is 21.8. The van der Waals surface area contributed by atoms with Crippen LogP contribution in [0.4, 0.5) is 4.39 Å². The first-order valence-electron chi connectivity index (χ1n) is 9.53. The normalized spacial score (nSPS) is 12.4. The summed E-state index contributed by atoms with van der Waals surface area (Å²) < 4.78 is 15.1. The molecular weight excluding hydrogens is 426 g/mol. The first-order valence-corrected chi connectivity index (χ1v) is 10.3. The van der Waals surface area contributed by atoms with E-state index in [1.807, 2.05) is 43.3 Å². The smallest absolute Gasteiger partial charge is 0.250 e. The van der Waals surface area contributed by atoms with Gasteiger partial charge in [0.25, 0.3) is 0 Å². The van der Waals surface area contributed by atoms with Gasteiger partial charge in [0.2, 0.25) is 11.8 Å². The fraction of sp³-hybridized carbons (Fsp3) is 0.217. The van der Waals surface area contributed by atoms with Crippen molar-refractivity contribution in [2.75, 3.05) is 6.54 Å². The van der Waals surface area contributed by atoms with Gasteiger partial charge in [-0.15, -0.1) is 0 Å². The van der Waals surface area contributed by atoms with E-state index in [2.05, 4.69) is 5.32 Å². The first kappa shape index (κ1) is 22.1. The molecule has 0 aliphatic heterocycles. The summed E-state index contributed by atoms with van der Waals surface area (Å²) in [6.45, 7) is 3.66. The molecule has 7 heteroatoms. The maximum atomic E-state index is 13.6. The van der Waals surface area contributed by atoms with Crippen LogP contribution in [0.2, 0.25) is 10.0 Å². The maximum absolute atomic E-state index is 13.6. The van der Waals surface area contributed by atoms with Crippen LogP contribution >= 0.6 is 23.2 Å². The fourth-order valence-electron chi connectivity index (χ4n) is 3.07. The molecule has 1 heterocycles. The lowest BCUT2D eigenvalue weighted by atomic mass is 9.99. The van der Waals surface area contributed by atoms with E-state index in [4.69, 9.17) is 23.2 Å². The first-order chi connectivity index (χ1) is 14.3. The molecule has 0 saturated heterocycles. The Bertz CT molecular complexity index is 1110. The Balaban J connectivity index is 1.76. The van der Waals surface area contributed by atoms with Crippen molar-refractivity contribution in [3.63, 3.8) is 0 Å². The van der Waals surface area contributed by atoms with E-state index in [0.29, 0.717) is 6.42 Å². The molecule has 1 N–H and O–H groups in total. The monoisotopic (exact) mass is 446 g/mol. The summed E-state index contributed by atoms with van der Waals surface area (Å²) in [5, 5.41) is 3.50. The molecule has 0 saturated carbocycles. The zero-order valence-electron chi connectivity index (χ0n) is 16.6. The van der Waals surface area contributed by atoms with Crippen LogP contribution in [0, 0.1) is 5.82 Å². The van der Waals surface area contributed by atoms with Gasteiger partial charge in [0.1, 0.15) is 0 Å². The third kappa shape index (κ3) is 4.91. The highest BCUT2D eigenvalue weighted by Crippen LogP contribution is 2.29. The minimum atomic E-state index is -0.614. The molecule has 3 rings (SSSR count). The third-order valence-corrected chi connectivity index (χ3v) is 5.40. The minimum Gasteiger partial charge on any atom is -0.347 e. The Kier molecular flexibility index (Phi) is 6.95. The van der Waals surface area contributed by atoms with E-state index in [0.717, 1.165) is 22.0 Å². The van der Waals surface area contributed by atoms with Crippen LogP contribution < -0.4 is 5.32 Å². The van der Waals surface area contributed by atoms with E-state index < -0.39 is 5.82 Å². The number of nitrogens with zero attached hydrogens (tertiary/aromatic N) is 1. The molecule has 0 aliphatic rings. The summed E-state index contributed by atoms with van der Waals surface area (Å²) in [6, 6.07) is 10.7. The molecule has 1 atom stereocenters. The van der Waals surface area contributed by atoms with Gasteiger partial charge in [-0.2, -0.15) is 0 Å². The Morgan fingerprint density at radius 1 is 1.17 bits per heavy atom. The molecule has 156 valence electrons. The fourth-order valence-corrected chi connectivity index (χ4v) is 3.58. The summed E-state index contributed by atoms with van der Waals surface area (Å²) in [7, 11) is 0. The van der Waals surface area contributed by atoms with Crippen LogP contribution in [0.3, 0.4) is 0 Å². The average molecular weight is 447 g/mol. The van der Waals surface area contributed by atoms with Crippen LogP contribution in [-0.2, 0) is 4.79 Å². The van der Waals surface area contributed by atoms with E-state index in [1.54, 1.807) is 25.3 Å². The van der Waals surface area contributed by atoms with Crippen LogP contribution in [0.15, 0.2) is 48.7 Å². The Morgan fingerprint density at radius 2 is 1.87 bits per heavy atom. The number of fused-ring (bicyclic) bond motifs is 1. The quantitative estimate of drug-likeness (QED) is 0.467. The highest BCUT2D eigenvalue weighted by molar-refractivity contribution is 6.35. The third-order valence-electron chi connectivity index (χ3n) is 4.85. The summed E-state index contributed by atoms with van der Waals surface area (Å²) in [5.41, 5.74) is 2.54. The number of nitrogens with one attached hydrogen (secondary N) is 1. The minimum absolute atomic E-state index is 0.000281. The van der Waals surface area contributed by atoms with E-state index in [9.17, 15) is 14.0 Å². The van der Waals surface area contributed by atoms with Gasteiger partial charge in [-0.25, -0.2) is 4.39 Å². The molecule has 0 bridgehead atoms. The van der Waals surface area contributed by atoms with Crippen LogP contribution in [0.1, 0.15) is 42.1 Å². The number of benzene rings is 2. The van der Waals surface area contributed by atoms with Crippen molar-refractivity contribution in [1.29, 1.82) is 0 Å². The van der Waals surface area contributed by atoms with Gasteiger partial charge in [0, 0.05) is 18.0 Å². The van der Waals surface area contributed by atoms with Gasteiger partial charge in [-0.05, 0) is 47.4 Å². The zero-order valence-corrected chi connectivity index (χ0v) is 18.1. The molecule has 0 spiro atoms. The maximum Gasteiger partial charge on any atom is 0.250 e. The van der Waals surface area contributed by atoms with Gasteiger partial charge in [0.05, 0.1) is 22.1 Å². The molecule has 1 aromatic heterocycles. The van der Waals surface area contributed by atoms with Gasteiger partial charge in [-0.1, -0.05) is 55.3 Å². The summed E-state index contributed by atoms with van der Waals surface area (Å²) >= 11 is 11.8. The van der Waals surface area contributed by atoms with Gasteiger partial charge >= 0.3 is 0 Å². The second-order valence-electron chi connectivity index (χ2n) is 6.97. The summed E-state index contributed by atoms with van der Waals surface area (Å²) in [6.07, 6.45) is 5.97. The number of carbonyl (C=O) groups excluding carboxylic acids is 2. The number of allylic oxidation sites excluding steroid dienone is 1. The van der Waals surface area contributed by atoms with Crippen molar-refractivity contribution >= 4 is 52.0 Å². The number of halogens is 3. The second-order valence-corrected chi connectivity index (χ2v) is 7.79. The topological polar surface area (TPSA) is 51.1 Å². The van der Waals surface area contributed by atoms with E-state index in [1.165, 1.54) is 4.57 Å². The van der Waals surface area contributed by atoms with Crippen molar-refractivity contribution in [3.05, 3.63) is 75.7 Å². The molecule has 0 aliphatic carbocycles. The molecule has 4 nitrogen and oxygen atoms in total. The van der Waals surface area contributed by atoms with Gasteiger partial charge in [-0.3, -0.25) is 14.2 Å². The van der Waals surface area contributed by atoms with Crippen LogP contribution in [0.25, 0.3) is 17.0 Å². The number of carbonyl (C=O) groups is 2. The van der Waals surface area contributed by atoms with Crippen LogP contribution in [-0.4, -0.2) is 22.9 Å². The second kappa shape index (κ2) is 9.45. The SMILES string of the molecule is CCC(=O)NCC(=O)n1ccc2cc(/C=C/C(C)c3cc(Cl)c(F)c(Cl)c3)ccc21. The van der Waals surface area contributed by atoms with Crippen molar-refractivity contribution in [2.45, 2.75) is 26.2 Å². The number of hydrogen-bond donors (Lipinski definition) is 1. The largest absolute Gasteiger partial charge is 0.347 e. The van der Waals surface area contributed by atoms with Crippen molar-refractivity contribution in [2.24, 2.45) is 0 Å². The van der Waals surface area contributed by atoms with Crippen LogP contribution in [0.5, 0.6) is 0 Å². The molecule has 0 fully saturated rings. The van der Waals surface area contributed by atoms with Crippen molar-refractivity contribution < 1.29 is 14.0 Å². The number of hydrogen-bond acceptors (Lipinski definition) is 2. The Labute approximate surface area is 184 Å². The van der Waals surface area contributed by atoms with Gasteiger partial charge < -0.3 is 5.32 Å². The molecule has 2 aromatic carbocycles. The predicted molar refractivity (Wildman–Crippen MR) is 120 cm³/mol. The molecule has 3 aromatic rings. The highest BCUT2D eigenvalue weighted by Gasteiger charge is 2.12. The highest BCUT2D eigenvalue weighted by atomic mass is 35.5. The lowest BCUT2D eigenvalue weighted by Crippen LogP contribution is -2.31. The number of amides is 1. The number of rotatable bonds is 6. The average Bonchev–Trinajstić information content (AvgIpc) is 3.16. The molecule has 1 unspecified atom stereocenters. The Hall–Kier alpha value is -2.63. The lowest BCUT2D eigenvalue weighted by molar-refractivity contribution is -0.120. The molecule has 1 amide bonds. The molecule has 30 heavy (non-hydrogen) atoms. The molecular formula is C23H21Cl2FN2O2. The summed E-state index contributed by atoms with van der Waals surface area (Å²) in [4.78, 5) is 23.7.